The van der Waals surface area contributed by atoms with E-state index >= 15 is 0 Å². The molecule has 1 nitrogen and oxygen atoms in total. The monoisotopic (exact) mass is 156 g/mol. The van der Waals surface area contributed by atoms with E-state index in [1.54, 1.807) is 0 Å². The molecule has 0 fully saturated rings. The Balaban J connectivity index is 3.00. The Labute approximate surface area is 63.2 Å². The molecular weight excluding hydrogens is 153 g/mol. The average molecular weight is 157 g/mol. The lowest BCUT2D eigenvalue weighted by Crippen LogP contribution is -1.81. The number of rotatable bonds is 1. The fourth-order valence-corrected chi connectivity index (χ4v) is 0.629. The quantitative estimate of drug-likeness (QED) is 0.609. The molecule has 1 radical (unpaired) electrons. The van der Waals surface area contributed by atoms with Crippen LogP contribution < -0.4 is 0 Å². The molecule has 0 bridgehead atoms. The van der Waals surface area contributed by atoms with Gasteiger partial charge in [0.1, 0.15) is 5.83 Å². The van der Waals surface area contributed by atoms with Crippen LogP contribution in [0.5, 0.6) is 0 Å². The molecule has 0 atom stereocenters. The Morgan fingerprint density at radius 2 is 2.30 bits per heavy atom. The van der Waals surface area contributed by atoms with E-state index in [1.165, 1.54) is 18.3 Å². The molecule has 1 rings (SSSR count). The van der Waals surface area contributed by atoms with Crippen LogP contribution in [0.15, 0.2) is 18.3 Å². The van der Waals surface area contributed by atoms with Gasteiger partial charge in [-0.05, 0) is 18.7 Å². The predicted octanol–water partition coefficient (Wildman–Crippen LogP) is 2.48. The molecule has 0 amide bonds. The Hall–Kier alpha value is -0.890. The van der Waals surface area contributed by atoms with E-state index in [-0.39, 0.29) is 5.69 Å². The van der Waals surface area contributed by atoms with E-state index in [1.807, 2.05) is 0 Å². The van der Waals surface area contributed by atoms with Gasteiger partial charge in [0.15, 0.2) is 0 Å². The lowest BCUT2D eigenvalue weighted by molar-refractivity contribution is 0.754. The molecular formula is C7H4ClFN. The normalized spacial score (nSPS) is 9.40. The second-order valence-electron chi connectivity index (χ2n) is 1.71. The maximum absolute atomic E-state index is 12.2. The molecule has 0 spiro atoms. The molecule has 1 aromatic rings. The number of halogens is 2. The Morgan fingerprint density at radius 1 is 1.60 bits per heavy atom. The van der Waals surface area contributed by atoms with Crippen LogP contribution in [0.1, 0.15) is 5.69 Å². The van der Waals surface area contributed by atoms with E-state index < -0.39 is 5.83 Å². The topological polar surface area (TPSA) is 12.9 Å². The fourth-order valence-electron chi connectivity index (χ4n) is 0.517. The van der Waals surface area contributed by atoms with Crippen LogP contribution in [0.4, 0.5) is 4.39 Å². The van der Waals surface area contributed by atoms with E-state index in [0.717, 1.165) is 0 Å². The first-order valence-corrected chi connectivity index (χ1v) is 2.98. The average Bonchev–Trinajstić information content (AvgIpc) is 1.88. The highest BCUT2D eigenvalue weighted by Crippen LogP contribution is 2.12. The number of nitrogens with zero attached hydrogens (tertiary/aromatic N) is 1. The molecule has 10 heavy (non-hydrogen) atoms. The second kappa shape index (κ2) is 2.80. The summed E-state index contributed by atoms with van der Waals surface area (Å²) in [7, 11) is 0. The van der Waals surface area contributed by atoms with Crippen LogP contribution in [0, 0.1) is 6.58 Å². The van der Waals surface area contributed by atoms with Crippen molar-refractivity contribution < 1.29 is 4.39 Å². The minimum atomic E-state index is -0.795. The van der Waals surface area contributed by atoms with Crippen molar-refractivity contribution in [1.29, 1.82) is 0 Å². The third-order valence-electron chi connectivity index (χ3n) is 0.972. The van der Waals surface area contributed by atoms with Crippen molar-refractivity contribution in [2.24, 2.45) is 0 Å². The standard InChI is InChI=1S/C7H4ClFN/c1-5(9)7-3-2-6(8)4-10-7/h1-4H. The zero-order chi connectivity index (χ0) is 7.56. The molecule has 0 aliphatic carbocycles. The van der Waals surface area contributed by atoms with Crippen LogP contribution in [-0.2, 0) is 0 Å². The van der Waals surface area contributed by atoms with Gasteiger partial charge in [0, 0.05) is 6.20 Å². The smallest absolute Gasteiger partial charge is 0.148 e. The van der Waals surface area contributed by atoms with Gasteiger partial charge in [0.25, 0.3) is 0 Å². The zero-order valence-corrected chi connectivity index (χ0v) is 5.77. The van der Waals surface area contributed by atoms with Gasteiger partial charge in [0.05, 0.1) is 10.7 Å². The minimum Gasteiger partial charge on any atom is -0.252 e. The largest absolute Gasteiger partial charge is 0.252 e. The van der Waals surface area contributed by atoms with Gasteiger partial charge >= 0.3 is 0 Å². The molecule has 0 aliphatic rings. The lowest BCUT2D eigenvalue weighted by Gasteiger charge is -1.92. The van der Waals surface area contributed by atoms with Crippen molar-refractivity contribution >= 4 is 17.4 Å². The number of hydrogen-bond donors (Lipinski definition) is 0. The molecule has 3 heteroatoms. The summed E-state index contributed by atoms with van der Waals surface area (Å²) in [6.45, 7) is 4.81. The summed E-state index contributed by atoms with van der Waals surface area (Å²) in [5.41, 5.74) is 0.115. The minimum absolute atomic E-state index is 0.115. The highest BCUT2D eigenvalue weighted by Gasteiger charge is 1.96. The van der Waals surface area contributed by atoms with Gasteiger partial charge in [-0.1, -0.05) is 11.6 Å². The highest BCUT2D eigenvalue weighted by molar-refractivity contribution is 6.30. The van der Waals surface area contributed by atoms with Crippen LogP contribution in [0.25, 0.3) is 5.83 Å². The molecule has 0 aliphatic heterocycles. The third kappa shape index (κ3) is 1.54. The molecule has 0 unspecified atom stereocenters. The van der Waals surface area contributed by atoms with Crippen molar-refractivity contribution in [3.8, 4) is 0 Å². The summed E-state index contributed by atoms with van der Waals surface area (Å²) in [6.07, 6.45) is 1.34. The highest BCUT2D eigenvalue weighted by atomic mass is 35.5. The summed E-state index contributed by atoms with van der Waals surface area (Å²) in [5, 5.41) is 0.463. The first-order valence-electron chi connectivity index (χ1n) is 2.60. The Kier molecular flexibility index (Phi) is 2.02. The van der Waals surface area contributed by atoms with Crippen molar-refractivity contribution in [3.63, 3.8) is 0 Å². The maximum Gasteiger partial charge on any atom is 0.148 e. The summed E-state index contributed by atoms with van der Waals surface area (Å²) in [5.74, 6) is -0.795. The number of pyridine rings is 1. The molecule has 1 aromatic heterocycles. The Bertz CT molecular complexity index is 242. The summed E-state index contributed by atoms with van der Waals surface area (Å²) in [4.78, 5) is 3.61. The Morgan fingerprint density at radius 3 is 2.70 bits per heavy atom. The van der Waals surface area contributed by atoms with E-state index in [0.29, 0.717) is 5.02 Å². The van der Waals surface area contributed by atoms with Crippen LogP contribution in [0.2, 0.25) is 5.02 Å². The van der Waals surface area contributed by atoms with Gasteiger partial charge in [-0.3, -0.25) is 4.98 Å². The first-order chi connectivity index (χ1) is 4.70. The van der Waals surface area contributed by atoms with Crippen molar-refractivity contribution in [2.45, 2.75) is 0 Å². The summed E-state index contributed by atoms with van der Waals surface area (Å²) in [6, 6.07) is 2.94. The van der Waals surface area contributed by atoms with Crippen LogP contribution in [0.3, 0.4) is 0 Å². The van der Waals surface area contributed by atoms with Crippen LogP contribution >= 0.6 is 11.6 Å². The zero-order valence-electron chi connectivity index (χ0n) is 5.01. The van der Waals surface area contributed by atoms with E-state index in [2.05, 4.69) is 4.98 Å². The molecule has 0 aromatic carbocycles. The van der Waals surface area contributed by atoms with Crippen LogP contribution in [-0.4, -0.2) is 4.98 Å². The summed E-state index contributed by atoms with van der Waals surface area (Å²) < 4.78 is 12.2. The lowest BCUT2D eigenvalue weighted by atomic mass is 10.3. The molecule has 0 saturated carbocycles. The van der Waals surface area contributed by atoms with Gasteiger partial charge in [0.2, 0.25) is 0 Å². The second-order valence-corrected chi connectivity index (χ2v) is 2.15. The first kappa shape index (κ1) is 7.22. The molecule has 51 valence electrons. The fraction of sp³-hybridized carbons (Fsp3) is 0. The SMILES string of the molecule is [CH]=C(F)c1ccc(Cl)cn1. The van der Waals surface area contributed by atoms with Gasteiger partial charge in [-0.2, -0.15) is 0 Å². The molecule has 1 heterocycles. The van der Waals surface area contributed by atoms with E-state index in [9.17, 15) is 4.39 Å². The molecule has 0 N–H and O–H groups in total. The van der Waals surface area contributed by atoms with Crippen molar-refractivity contribution in [3.05, 3.63) is 35.6 Å². The van der Waals surface area contributed by atoms with Crippen molar-refractivity contribution in [2.75, 3.05) is 0 Å². The van der Waals surface area contributed by atoms with Gasteiger partial charge in [-0.15, -0.1) is 0 Å². The number of aromatic nitrogens is 1. The predicted molar refractivity (Wildman–Crippen MR) is 38.1 cm³/mol. The number of hydrogen-bond acceptors (Lipinski definition) is 1. The summed E-state index contributed by atoms with van der Waals surface area (Å²) >= 11 is 5.48. The van der Waals surface area contributed by atoms with Gasteiger partial charge < -0.3 is 0 Å². The van der Waals surface area contributed by atoms with E-state index in [4.69, 9.17) is 18.2 Å². The molecule has 0 saturated heterocycles. The van der Waals surface area contributed by atoms with Gasteiger partial charge in [-0.25, -0.2) is 4.39 Å². The third-order valence-corrected chi connectivity index (χ3v) is 1.20. The maximum atomic E-state index is 12.2. The van der Waals surface area contributed by atoms with Crippen molar-refractivity contribution in [1.82, 2.24) is 4.98 Å².